The molecular formula is C21H25N3O5. The lowest BCUT2D eigenvalue weighted by atomic mass is 10.1. The second kappa shape index (κ2) is 11.3. The lowest BCUT2D eigenvalue weighted by Gasteiger charge is -2.18. The summed E-state index contributed by atoms with van der Waals surface area (Å²) >= 11 is 0. The standard InChI is InChI=1S/C21H25N3O5/c1-2-28-17-10-8-16(9-11-17)23-20(26)18(12-13-19(22)25)24-21(27)29-14-15-6-4-3-5-7-15/h3-11,18H,2,12-14H2,1H3,(H2,22,25)(H,23,26)(H,24,27)/t18-/m0/s1. The van der Waals surface area contributed by atoms with Crippen LogP contribution >= 0.6 is 0 Å². The van der Waals surface area contributed by atoms with Crippen LogP contribution in [0.2, 0.25) is 0 Å². The Morgan fingerprint density at radius 3 is 2.34 bits per heavy atom. The van der Waals surface area contributed by atoms with Gasteiger partial charge in [-0.2, -0.15) is 0 Å². The van der Waals surface area contributed by atoms with Crippen LogP contribution in [0.4, 0.5) is 10.5 Å². The van der Waals surface area contributed by atoms with E-state index in [1.54, 1.807) is 24.3 Å². The molecule has 0 radical (unpaired) electrons. The zero-order valence-corrected chi connectivity index (χ0v) is 16.2. The first kappa shape index (κ1) is 21.7. The fraction of sp³-hybridized carbons (Fsp3) is 0.286. The Balaban J connectivity index is 1.95. The van der Waals surface area contributed by atoms with Crippen LogP contribution in [0.1, 0.15) is 25.3 Å². The van der Waals surface area contributed by atoms with E-state index in [9.17, 15) is 14.4 Å². The third kappa shape index (κ3) is 7.92. The number of anilines is 1. The van der Waals surface area contributed by atoms with Crippen LogP contribution in [0.25, 0.3) is 0 Å². The predicted octanol–water partition coefficient (Wildman–Crippen LogP) is 2.58. The molecule has 0 saturated heterocycles. The molecule has 8 nitrogen and oxygen atoms in total. The molecule has 8 heteroatoms. The maximum atomic E-state index is 12.6. The van der Waals surface area contributed by atoms with Crippen molar-refractivity contribution in [2.45, 2.75) is 32.4 Å². The summed E-state index contributed by atoms with van der Waals surface area (Å²) in [6.45, 7) is 2.48. The molecule has 0 aromatic heterocycles. The Hall–Kier alpha value is -3.55. The Morgan fingerprint density at radius 2 is 1.72 bits per heavy atom. The highest BCUT2D eigenvalue weighted by Crippen LogP contribution is 2.16. The molecule has 29 heavy (non-hydrogen) atoms. The minimum atomic E-state index is -0.975. The monoisotopic (exact) mass is 399 g/mol. The number of alkyl carbamates (subject to hydrolysis) is 1. The van der Waals surface area contributed by atoms with Crippen LogP contribution in [0.15, 0.2) is 54.6 Å². The number of carbonyl (C=O) groups is 3. The molecule has 0 saturated carbocycles. The number of carbonyl (C=O) groups excluding carboxylic acids is 3. The fourth-order valence-electron chi connectivity index (χ4n) is 2.49. The molecule has 2 aromatic rings. The van der Waals surface area contributed by atoms with E-state index in [-0.39, 0.29) is 19.4 Å². The highest BCUT2D eigenvalue weighted by molar-refractivity contribution is 5.96. The quantitative estimate of drug-likeness (QED) is 0.567. The van der Waals surface area contributed by atoms with E-state index in [1.165, 1.54) is 0 Å². The van der Waals surface area contributed by atoms with E-state index >= 15 is 0 Å². The Kier molecular flexibility index (Phi) is 8.50. The van der Waals surface area contributed by atoms with Gasteiger partial charge in [0.05, 0.1) is 6.61 Å². The molecule has 2 rings (SSSR count). The van der Waals surface area contributed by atoms with Crippen molar-refractivity contribution in [3.63, 3.8) is 0 Å². The largest absolute Gasteiger partial charge is 0.494 e. The van der Waals surface area contributed by atoms with Crippen molar-refractivity contribution in [2.24, 2.45) is 5.73 Å². The maximum absolute atomic E-state index is 12.6. The zero-order chi connectivity index (χ0) is 21.1. The van der Waals surface area contributed by atoms with Crippen LogP contribution < -0.4 is 21.1 Å². The van der Waals surface area contributed by atoms with E-state index in [0.29, 0.717) is 18.0 Å². The summed E-state index contributed by atoms with van der Waals surface area (Å²) in [7, 11) is 0. The molecule has 4 N–H and O–H groups in total. The first-order chi connectivity index (χ1) is 14.0. The second-order valence-electron chi connectivity index (χ2n) is 6.21. The zero-order valence-electron chi connectivity index (χ0n) is 16.2. The van der Waals surface area contributed by atoms with E-state index in [4.69, 9.17) is 15.2 Å². The number of nitrogens with one attached hydrogen (secondary N) is 2. The molecule has 0 aliphatic carbocycles. The third-order valence-corrected chi connectivity index (χ3v) is 3.93. The summed E-state index contributed by atoms with van der Waals surface area (Å²) in [4.78, 5) is 35.8. The average molecular weight is 399 g/mol. The summed E-state index contributed by atoms with van der Waals surface area (Å²) in [5, 5.41) is 5.19. The van der Waals surface area contributed by atoms with Crippen molar-refractivity contribution in [2.75, 3.05) is 11.9 Å². The van der Waals surface area contributed by atoms with Crippen molar-refractivity contribution in [1.29, 1.82) is 0 Å². The van der Waals surface area contributed by atoms with Crippen molar-refractivity contribution in [1.82, 2.24) is 5.32 Å². The summed E-state index contributed by atoms with van der Waals surface area (Å²) in [6.07, 6.45) is -0.760. The molecule has 0 fully saturated rings. The van der Waals surface area contributed by atoms with Crippen molar-refractivity contribution in [3.8, 4) is 5.75 Å². The molecular weight excluding hydrogens is 374 g/mol. The molecule has 2 aromatic carbocycles. The van der Waals surface area contributed by atoms with Gasteiger partial charge in [0.15, 0.2) is 0 Å². The SMILES string of the molecule is CCOc1ccc(NC(=O)[C@H](CCC(N)=O)NC(=O)OCc2ccccc2)cc1. The van der Waals surface area contributed by atoms with Crippen molar-refractivity contribution >= 4 is 23.6 Å². The van der Waals surface area contributed by atoms with Gasteiger partial charge in [-0.3, -0.25) is 9.59 Å². The highest BCUT2D eigenvalue weighted by atomic mass is 16.5. The average Bonchev–Trinajstić information content (AvgIpc) is 2.71. The van der Waals surface area contributed by atoms with Gasteiger partial charge in [0.2, 0.25) is 11.8 Å². The summed E-state index contributed by atoms with van der Waals surface area (Å²) < 4.78 is 10.5. The van der Waals surface area contributed by atoms with Crippen molar-refractivity contribution < 1.29 is 23.9 Å². The van der Waals surface area contributed by atoms with E-state index in [2.05, 4.69) is 10.6 Å². The van der Waals surface area contributed by atoms with Crippen LogP contribution in [0.5, 0.6) is 5.75 Å². The number of nitrogens with two attached hydrogens (primary N) is 1. The van der Waals surface area contributed by atoms with Gasteiger partial charge in [-0.05, 0) is 43.2 Å². The molecule has 0 aliphatic rings. The molecule has 3 amide bonds. The number of ether oxygens (including phenoxy) is 2. The summed E-state index contributed by atoms with van der Waals surface area (Å²) in [5.74, 6) is -0.367. The summed E-state index contributed by atoms with van der Waals surface area (Å²) in [5.41, 5.74) is 6.52. The van der Waals surface area contributed by atoms with Gasteiger partial charge in [0.1, 0.15) is 18.4 Å². The fourth-order valence-corrected chi connectivity index (χ4v) is 2.49. The number of primary amides is 1. The second-order valence-corrected chi connectivity index (χ2v) is 6.21. The Morgan fingerprint density at radius 1 is 1.03 bits per heavy atom. The van der Waals surface area contributed by atoms with Crippen LogP contribution in [-0.2, 0) is 20.9 Å². The van der Waals surface area contributed by atoms with Gasteiger partial charge >= 0.3 is 6.09 Å². The molecule has 0 bridgehead atoms. The molecule has 0 spiro atoms. The normalized spacial score (nSPS) is 11.2. The van der Waals surface area contributed by atoms with E-state index in [0.717, 1.165) is 5.56 Å². The number of rotatable bonds is 10. The number of benzene rings is 2. The number of amides is 3. The topological polar surface area (TPSA) is 120 Å². The molecule has 1 atom stereocenters. The Bertz CT molecular complexity index is 809. The van der Waals surface area contributed by atoms with E-state index < -0.39 is 23.9 Å². The molecule has 154 valence electrons. The number of hydrogen-bond acceptors (Lipinski definition) is 5. The lowest BCUT2D eigenvalue weighted by molar-refractivity contribution is -0.119. The molecule has 0 aliphatic heterocycles. The van der Waals surface area contributed by atoms with Gasteiger partial charge in [-0.15, -0.1) is 0 Å². The van der Waals surface area contributed by atoms with Crippen LogP contribution in [0, 0.1) is 0 Å². The van der Waals surface area contributed by atoms with Gasteiger partial charge in [-0.25, -0.2) is 4.79 Å². The minimum absolute atomic E-state index is 0.0542. The van der Waals surface area contributed by atoms with Gasteiger partial charge in [-0.1, -0.05) is 30.3 Å². The first-order valence-corrected chi connectivity index (χ1v) is 9.27. The minimum Gasteiger partial charge on any atom is -0.494 e. The van der Waals surface area contributed by atoms with Gasteiger partial charge < -0.3 is 25.8 Å². The van der Waals surface area contributed by atoms with E-state index in [1.807, 2.05) is 37.3 Å². The van der Waals surface area contributed by atoms with Crippen LogP contribution in [-0.4, -0.2) is 30.6 Å². The Labute approximate surface area is 169 Å². The smallest absolute Gasteiger partial charge is 0.408 e. The predicted molar refractivity (Wildman–Crippen MR) is 108 cm³/mol. The molecule has 0 heterocycles. The summed E-state index contributed by atoms with van der Waals surface area (Å²) in [6, 6.07) is 15.0. The van der Waals surface area contributed by atoms with Crippen molar-refractivity contribution in [3.05, 3.63) is 60.2 Å². The molecule has 0 unspecified atom stereocenters. The highest BCUT2D eigenvalue weighted by Gasteiger charge is 2.22. The van der Waals surface area contributed by atoms with Crippen LogP contribution in [0.3, 0.4) is 0 Å². The number of hydrogen-bond donors (Lipinski definition) is 3. The van der Waals surface area contributed by atoms with Gasteiger partial charge in [0, 0.05) is 12.1 Å². The van der Waals surface area contributed by atoms with Gasteiger partial charge in [0.25, 0.3) is 0 Å². The third-order valence-electron chi connectivity index (χ3n) is 3.93. The maximum Gasteiger partial charge on any atom is 0.408 e. The lowest BCUT2D eigenvalue weighted by Crippen LogP contribution is -2.44. The first-order valence-electron chi connectivity index (χ1n) is 9.27.